The molecular formula is C16H19N3. The predicted octanol–water partition coefficient (Wildman–Crippen LogP) is 3.14. The SMILES string of the molecule is CCc1ccccc1CNc1ncnc2c1CCC2. The van der Waals surface area contributed by atoms with Gasteiger partial charge in [-0.05, 0) is 36.8 Å². The van der Waals surface area contributed by atoms with E-state index in [0.717, 1.165) is 31.6 Å². The Morgan fingerprint density at radius 1 is 1.11 bits per heavy atom. The van der Waals surface area contributed by atoms with Crippen molar-refractivity contribution in [3.63, 3.8) is 0 Å². The molecule has 0 amide bonds. The zero-order valence-electron chi connectivity index (χ0n) is 11.3. The van der Waals surface area contributed by atoms with Crippen molar-refractivity contribution in [1.29, 1.82) is 0 Å². The number of rotatable bonds is 4. The minimum atomic E-state index is 0.841. The lowest BCUT2D eigenvalue weighted by atomic mass is 10.1. The summed E-state index contributed by atoms with van der Waals surface area (Å²) in [4.78, 5) is 8.76. The molecule has 0 saturated heterocycles. The summed E-state index contributed by atoms with van der Waals surface area (Å²) in [6.45, 7) is 3.04. The molecule has 1 aliphatic rings. The van der Waals surface area contributed by atoms with Gasteiger partial charge in [0.15, 0.2) is 0 Å². The van der Waals surface area contributed by atoms with Crippen molar-refractivity contribution in [3.8, 4) is 0 Å². The van der Waals surface area contributed by atoms with Crippen molar-refractivity contribution in [2.75, 3.05) is 5.32 Å². The van der Waals surface area contributed by atoms with E-state index in [9.17, 15) is 0 Å². The van der Waals surface area contributed by atoms with Crippen molar-refractivity contribution in [3.05, 3.63) is 53.0 Å². The van der Waals surface area contributed by atoms with Crippen LogP contribution >= 0.6 is 0 Å². The standard InChI is InChI=1S/C16H19N3/c1-2-12-6-3-4-7-13(12)10-17-16-14-8-5-9-15(14)18-11-19-16/h3-4,6-7,11H,2,5,8-10H2,1H3,(H,17,18,19). The molecule has 3 heteroatoms. The number of aryl methyl sites for hydroxylation is 2. The minimum Gasteiger partial charge on any atom is -0.366 e. The molecule has 0 bridgehead atoms. The van der Waals surface area contributed by atoms with Crippen molar-refractivity contribution in [2.24, 2.45) is 0 Å². The maximum absolute atomic E-state index is 4.40. The molecule has 0 fully saturated rings. The second kappa shape index (κ2) is 5.39. The van der Waals surface area contributed by atoms with Crippen LogP contribution in [0.4, 0.5) is 5.82 Å². The molecule has 0 atom stereocenters. The third kappa shape index (κ3) is 2.46. The molecule has 3 rings (SSSR count). The highest BCUT2D eigenvalue weighted by Gasteiger charge is 2.16. The molecule has 1 aromatic carbocycles. The summed E-state index contributed by atoms with van der Waals surface area (Å²) in [5.74, 6) is 1.02. The van der Waals surface area contributed by atoms with Gasteiger partial charge in [0.05, 0.1) is 0 Å². The van der Waals surface area contributed by atoms with E-state index < -0.39 is 0 Å². The Morgan fingerprint density at radius 3 is 2.79 bits per heavy atom. The molecule has 1 aromatic heterocycles. The average molecular weight is 253 g/mol. The summed E-state index contributed by atoms with van der Waals surface area (Å²) in [6.07, 6.45) is 6.15. The minimum absolute atomic E-state index is 0.841. The van der Waals surface area contributed by atoms with E-state index in [0.29, 0.717) is 0 Å². The summed E-state index contributed by atoms with van der Waals surface area (Å²) in [6, 6.07) is 8.58. The largest absolute Gasteiger partial charge is 0.366 e. The number of hydrogen-bond acceptors (Lipinski definition) is 3. The molecular weight excluding hydrogens is 234 g/mol. The lowest BCUT2D eigenvalue weighted by molar-refractivity contribution is 0.899. The van der Waals surface area contributed by atoms with Crippen LogP contribution in [-0.4, -0.2) is 9.97 Å². The first-order chi connectivity index (χ1) is 9.38. The van der Waals surface area contributed by atoms with Gasteiger partial charge in [-0.3, -0.25) is 0 Å². The normalized spacial score (nSPS) is 13.3. The van der Waals surface area contributed by atoms with Gasteiger partial charge in [0.25, 0.3) is 0 Å². The number of hydrogen-bond donors (Lipinski definition) is 1. The summed E-state index contributed by atoms with van der Waals surface area (Å²) < 4.78 is 0. The molecule has 19 heavy (non-hydrogen) atoms. The molecule has 2 aromatic rings. The second-order valence-corrected chi connectivity index (χ2v) is 4.98. The Balaban J connectivity index is 1.78. The number of anilines is 1. The molecule has 0 saturated carbocycles. The second-order valence-electron chi connectivity index (χ2n) is 4.98. The van der Waals surface area contributed by atoms with Crippen LogP contribution < -0.4 is 5.32 Å². The van der Waals surface area contributed by atoms with Gasteiger partial charge in [-0.1, -0.05) is 31.2 Å². The molecule has 0 radical (unpaired) electrons. The van der Waals surface area contributed by atoms with Gasteiger partial charge in [-0.2, -0.15) is 0 Å². The monoisotopic (exact) mass is 253 g/mol. The van der Waals surface area contributed by atoms with Gasteiger partial charge in [-0.25, -0.2) is 9.97 Å². The van der Waals surface area contributed by atoms with Crippen molar-refractivity contribution >= 4 is 5.82 Å². The zero-order valence-corrected chi connectivity index (χ0v) is 11.3. The van der Waals surface area contributed by atoms with Crippen molar-refractivity contribution in [2.45, 2.75) is 39.2 Å². The number of aromatic nitrogens is 2. The van der Waals surface area contributed by atoms with E-state index in [1.54, 1.807) is 6.33 Å². The van der Waals surface area contributed by atoms with E-state index >= 15 is 0 Å². The predicted molar refractivity (Wildman–Crippen MR) is 77.2 cm³/mol. The maximum atomic E-state index is 4.40. The van der Waals surface area contributed by atoms with Gasteiger partial charge in [0, 0.05) is 17.8 Å². The first kappa shape index (κ1) is 12.2. The summed E-state index contributed by atoms with van der Waals surface area (Å²) in [5.41, 5.74) is 5.30. The van der Waals surface area contributed by atoms with Crippen LogP contribution in [0.5, 0.6) is 0 Å². The van der Waals surface area contributed by atoms with Crippen molar-refractivity contribution in [1.82, 2.24) is 9.97 Å². The maximum Gasteiger partial charge on any atom is 0.133 e. The van der Waals surface area contributed by atoms with Gasteiger partial charge in [0.2, 0.25) is 0 Å². The molecule has 98 valence electrons. The first-order valence-corrected chi connectivity index (χ1v) is 7.02. The van der Waals surface area contributed by atoms with Crippen LogP contribution in [0.25, 0.3) is 0 Å². The molecule has 0 aliphatic heterocycles. The molecule has 1 heterocycles. The third-order valence-corrected chi connectivity index (χ3v) is 3.82. The van der Waals surface area contributed by atoms with E-state index in [4.69, 9.17) is 0 Å². The Kier molecular flexibility index (Phi) is 3.45. The number of fused-ring (bicyclic) bond motifs is 1. The van der Waals surface area contributed by atoms with Crippen LogP contribution in [0.1, 0.15) is 35.7 Å². The zero-order chi connectivity index (χ0) is 13.1. The van der Waals surface area contributed by atoms with Crippen LogP contribution in [0, 0.1) is 0 Å². The Labute approximate surface area is 114 Å². The fraction of sp³-hybridized carbons (Fsp3) is 0.375. The first-order valence-electron chi connectivity index (χ1n) is 7.02. The number of nitrogens with zero attached hydrogens (tertiary/aromatic N) is 2. The topological polar surface area (TPSA) is 37.8 Å². The smallest absolute Gasteiger partial charge is 0.133 e. The van der Waals surface area contributed by atoms with Gasteiger partial charge < -0.3 is 5.32 Å². The summed E-state index contributed by atoms with van der Waals surface area (Å²) in [7, 11) is 0. The Morgan fingerprint density at radius 2 is 1.95 bits per heavy atom. The van der Waals surface area contributed by atoms with Gasteiger partial charge in [-0.15, -0.1) is 0 Å². The number of benzene rings is 1. The molecule has 0 spiro atoms. The summed E-state index contributed by atoms with van der Waals surface area (Å²) in [5, 5.41) is 3.48. The van der Waals surface area contributed by atoms with E-state index in [1.807, 2.05) is 0 Å². The van der Waals surface area contributed by atoms with E-state index in [1.165, 1.54) is 28.8 Å². The average Bonchev–Trinajstić information content (AvgIpc) is 2.94. The quantitative estimate of drug-likeness (QED) is 0.909. The van der Waals surface area contributed by atoms with Crippen LogP contribution in [-0.2, 0) is 25.8 Å². The van der Waals surface area contributed by atoms with Crippen LogP contribution in [0.15, 0.2) is 30.6 Å². The van der Waals surface area contributed by atoms with Crippen LogP contribution in [0.3, 0.4) is 0 Å². The van der Waals surface area contributed by atoms with E-state index in [2.05, 4.69) is 46.5 Å². The Hall–Kier alpha value is -1.90. The highest BCUT2D eigenvalue weighted by atomic mass is 15.0. The molecule has 3 nitrogen and oxygen atoms in total. The lowest BCUT2D eigenvalue weighted by Crippen LogP contribution is -2.07. The highest BCUT2D eigenvalue weighted by molar-refractivity contribution is 5.48. The fourth-order valence-corrected chi connectivity index (χ4v) is 2.77. The fourth-order valence-electron chi connectivity index (χ4n) is 2.77. The molecule has 1 N–H and O–H groups in total. The van der Waals surface area contributed by atoms with E-state index in [-0.39, 0.29) is 0 Å². The van der Waals surface area contributed by atoms with Gasteiger partial charge >= 0.3 is 0 Å². The summed E-state index contributed by atoms with van der Waals surface area (Å²) >= 11 is 0. The molecule has 1 aliphatic carbocycles. The van der Waals surface area contributed by atoms with Crippen molar-refractivity contribution < 1.29 is 0 Å². The third-order valence-electron chi connectivity index (χ3n) is 3.82. The lowest BCUT2D eigenvalue weighted by Gasteiger charge is -2.12. The highest BCUT2D eigenvalue weighted by Crippen LogP contribution is 2.25. The molecule has 0 unspecified atom stereocenters. The number of nitrogens with one attached hydrogen (secondary N) is 1. The van der Waals surface area contributed by atoms with Gasteiger partial charge in [0.1, 0.15) is 12.1 Å². The Bertz CT molecular complexity index is 578. The van der Waals surface area contributed by atoms with Crippen LogP contribution in [0.2, 0.25) is 0 Å².